The summed E-state index contributed by atoms with van der Waals surface area (Å²) in [5.74, 6) is 6.08. The molecule has 130 valence electrons. The molecule has 0 aliphatic carbocycles. The van der Waals surface area contributed by atoms with E-state index in [1.54, 1.807) is 7.11 Å². The molecule has 0 aromatic heterocycles. The second-order valence-corrected chi connectivity index (χ2v) is 5.94. The van der Waals surface area contributed by atoms with E-state index in [2.05, 4.69) is 11.8 Å². The summed E-state index contributed by atoms with van der Waals surface area (Å²) >= 11 is 0. The second kappa shape index (κ2) is 8.15. The molecule has 1 aliphatic heterocycles. The Hall–Kier alpha value is -2.35. The molecule has 1 heterocycles. The molecule has 2 aromatic rings. The number of hydrogen-bond donors (Lipinski definition) is 0. The van der Waals surface area contributed by atoms with Crippen molar-refractivity contribution in [3.05, 3.63) is 65.5 Å². The van der Waals surface area contributed by atoms with Gasteiger partial charge in [-0.2, -0.15) is 0 Å². The Balaban J connectivity index is 1.72. The fourth-order valence-electron chi connectivity index (χ4n) is 3.00. The van der Waals surface area contributed by atoms with Crippen molar-refractivity contribution in [2.24, 2.45) is 0 Å². The van der Waals surface area contributed by atoms with Crippen molar-refractivity contribution in [2.45, 2.75) is 18.4 Å². The Bertz CT molecular complexity index is 756. The van der Waals surface area contributed by atoms with Crippen LogP contribution in [0.3, 0.4) is 0 Å². The predicted octanol–water partition coefficient (Wildman–Crippen LogP) is 3.91. The maximum absolute atomic E-state index is 14.1. The molecule has 1 fully saturated rings. The molecule has 2 aromatic carbocycles. The normalized spacial score (nSPS) is 15.9. The molecule has 0 unspecified atom stereocenters. The summed E-state index contributed by atoms with van der Waals surface area (Å²) in [6.07, 6.45) is 1.39. The van der Waals surface area contributed by atoms with Gasteiger partial charge < -0.3 is 14.2 Å². The topological polar surface area (TPSA) is 27.7 Å². The number of halogens is 1. The summed E-state index contributed by atoms with van der Waals surface area (Å²) in [7, 11) is 1.65. The zero-order chi connectivity index (χ0) is 17.5. The number of benzene rings is 2. The first-order chi connectivity index (χ1) is 12.2. The van der Waals surface area contributed by atoms with Crippen LogP contribution in [0.25, 0.3) is 0 Å². The van der Waals surface area contributed by atoms with Gasteiger partial charge in [0.2, 0.25) is 0 Å². The smallest absolute Gasteiger partial charge is 0.149 e. The van der Waals surface area contributed by atoms with Crippen LogP contribution in [0, 0.1) is 17.7 Å². The Morgan fingerprint density at radius 1 is 1.12 bits per heavy atom. The highest BCUT2D eigenvalue weighted by Gasteiger charge is 2.35. The van der Waals surface area contributed by atoms with Crippen LogP contribution in [-0.4, -0.2) is 26.9 Å². The maximum atomic E-state index is 14.1. The second-order valence-electron chi connectivity index (χ2n) is 5.94. The van der Waals surface area contributed by atoms with E-state index >= 15 is 0 Å². The molecule has 3 nitrogen and oxygen atoms in total. The van der Waals surface area contributed by atoms with Gasteiger partial charge in [-0.25, -0.2) is 4.39 Å². The lowest BCUT2D eigenvalue weighted by atomic mass is 9.86. The molecule has 0 N–H and O–H groups in total. The molecule has 3 rings (SSSR count). The minimum absolute atomic E-state index is 0.195. The van der Waals surface area contributed by atoms with Gasteiger partial charge in [0.05, 0.1) is 5.60 Å². The fraction of sp³-hybridized carbons (Fsp3) is 0.333. The van der Waals surface area contributed by atoms with E-state index in [4.69, 9.17) is 14.2 Å². The summed E-state index contributed by atoms with van der Waals surface area (Å²) in [4.78, 5) is 0. The lowest BCUT2D eigenvalue weighted by Crippen LogP contribution is -2.35. The standard InChI is InChI=1S/C21H21FO3/c1-23-21(9-12-24-13-10-21)18-14-19(22)16-20(15-18)25-11-5-8-17-6-3-2-4-7-17/h2-4,6-7,14-16H,9-13H2,1H3. The van der Waals surface area contributed by atoms with Crippen LogP contribution in [0.5, 0.6) is 5.75 Å². The molecule has 0 radical (unpaired) electrons. The van der Waals surface area contributed by atoms with E-state index in [-0.39, 0.29) is 12.4 Å². The zero-order valence-electron chi connectivity index (χ0n) is 14.3. The van der Waals surface area contributed by atoms with E-state index < -0.39 is 5.60 Å². The highest BCUT2D eigenvalue weighted by molar-refractivity contribution is 5.36. The predicted molar refractivity (Wildman–Crippen MR) is 94.0 cm³/mol. The molecule has 4 heteroatoms. The summed E-state index contributed by atoms with van der Waals surface area (Å²) in [6.45, 7) is 1.40. The van der Waals surface area contributed by atoms with Crippen molar-refractivity contribution in [1.82, 2.24) is 0 Å². The Morgan fingerprint density at radius 2 is 1.88 bits per heavy atom. The van der Waals surface area contributed by atoms with Gasteiger partial charge in [0, 0.05) is 44.8 Å². The van der Waals surface area contributed by atoms with Gasteiger partial charge in [-0.1, -0.05) is 30.0 Å². The lowest BCUT2D eigenvalue weighted by Gasteiger charge is -2.36. The number of methoxy groups -OCH3 is 1. The average molecular weight is 340 g/mol. The molecule has 1 saturated heterocycles. The first kappa shape index (κ1) is 17.5. The van der Waals surface area contributed by atoms with Gasteiger partial charge in [-0.15, -0.1) is 0 Å². The highest BCUT2D eigenvalue weighted by atomic mass is 19.1. The Morgan fingerprint density at radius 3 is 2.60 bits per heavy atom. The van der Waals surface area contributed by atoms with Gasteiger partial charge in [0.1, 0.15) is 18.2 Å². The monoisotopic (exact) mass is 340 g/mol. The zero-order valence-corrected chi connectivity index (χ0v) is 14.3. The summed E-state index contributed by atoms with van der Waals surface area (Å²) < 4.78 is 30.8. The molecular formula is C21H21FO3. The minimum Gasteiger partial charge on any atom is -0.481 e. The molecule has 0 saturated carbocycles. The van der Waals surface area contributed by atoms with Crippen molar-refractivity contribution in [3.63, 3.8) is 0 Å². The van der Waals surface area contributed by atoms with E-state index in [1.807, 2.05) is 36.4 Å². The molecule has 1 aliphatic rings. The van der Waals surface area contributed by atoms with Crippen LogP contribution in [-0.2, 0) is 15.1 Å². The number of ether oxygens (including phenoxy) is 3. The van der Waals surface area contributed by atoms with Crippen LogP contribution < -0.4 is 4.74 Å². The quantitative estimate of drug-likeness (QED) is 0.790. The molecule has 0 bridgehead atoms. The molecule has 0 spiro atoms. The van der Waals surface area contributed by atoms with Crippen LogP contribution >= 0.6 is 0 Å². The lowest BCUT2D eigenvalue weighted by molar-refractivity contribution is -0.0950. The maximum Gasteiger partial charge on any atom is 0.149 e. The Kier molecular flexibility index (Phi) is 5.70. The van der Waals surface area contributed by atoms with Crippen LogP contribution in [0.4, 0.5) is 4.39 Å². The average Bonchev–Trinajstić information content (AvgIpc) is 2.66. The van der Waals surface area contributed by atoms with Gasteiger partial charge in [0.15, 0.2) is 0 Å². The van der Waals surface area contributed by atoms with Crippen molar-refractivity contribution < 1.29 is 18.6 Å². The third-order valence-electron chi connectivity index (χ3n) is 4.41. The first-order valence-electron chi connectivity index (χ1n) is 8.32. The molecular weight excluding hydrogens is 319 g/mol. The summed E-state index contributed by atoms with van der Waals surface area (Å²) in [5, 5.41) is 0. The number of hydrogen-bond acceptors (Lipinski definition) is 3. The van der Waals surface area contributed by atoms with Crippen LogP contribution in [0.1, 0.15) is 24.0 Å². The van der Waals surface area contributed by atoms with Gasteiger partial charge >= 0.3 is 0 Å². The number of rotatable bonds is 4. The van der Waals surface area contributed by atoms with Crippen molar-refractivity contribution in [1.29, 1.82) is 0 Å². The minimum atomic E-state index is -0.520. The van der Waals surface area contributed by atoms with E-state index in [0.29, 0.717) is 31.8 Å². The van der Waals surface area contributed by atoms with Crippen molar-refractivity contribution >= 4 is 0 Å². The van der Waals surface area contributed by atoms with Crippen LogP contribution in [0.15, 0.2) is 48.5 Å². The van der Waals surface area contributed by atoms with Gasteiger partial charge in [-0.05, 0) is 29.8 Å². The van der Waals surface area contributed by atoms with Crippen molar-refractivity contribution in [2.75, 3.05) is 26.9 Å². The first-order valence-corrected chi connectivity index (χ1v) is 8.32. The van der Waals surface area contributed by atoms with E-state index in [0.717, 1.165) is 11.1 Å². The summed E-state index contributed by atoms with van der Waals surface area (Å²) in [6, 6.07) is 14.4. The third kappa shape index (κ3) is 4.39. The molecule has 0 atom stereocenters. The van der Waals surface area contributed by atoms with Gasteiger partial charge in [0.25, 0.3) is 0 Å². The fourth-order valence-corrected chi connectivity index (χ4v) is 3.00. The third-order valence-corrected chi connectivity index (χ3v) is 4.41. The van der Waals surface area contributed by atoms with Gasteiger partial charge in [-0.3, -0.25) is 0 Å². The van der Waals surface area contributed by atoms with Crippen molar-refractivity contribution in [3.8, 4) is 17.6 Å². The van der Waals surface area contributed by atoms with Crippen LogP contribution in [0.2, 0.25) is 0 Å². The molecule has 0 amide bonds. The summed E-state index contributed by atoms with van der Waals surface area (Å²) in [5.41, 5.74) is 1.18. The van der Waals surface area contributed by atoms with E-state index in [1.165, 1.54) is 12.1 Å². The molecule has 25 heavy (non-hydrogen) atoms. The highest BCUT2D eigenvalue weighted by Crippen LogP contribution is 2.37. The largest absolute Gasteiger partial charge is 0.481 e. The SMILES string of the molecule is COC1(c2cc(F)cc(OCC#Cc3ccccc3)c2)CCOCC1. The Labute approximate surface area is 147 Å². The van der Waals surface area contributed by atoms with E-state index in [9.17, 15) is 4.39 Å².